The lowest BCUT2D eigenvalue weighted by atomic mass is 9.98. The van der Waals surface area contributed by atoms with Crippen LogP contribution in [0.1, 0.15) is 17.7 Å². The minimum atomic E-state index is 0.879. The van der Waals surface area contributed by atoms with Crippen LogP contribution in [0.25, 0.3) is 0 Å². The van der Waals surface area contributed by atoms with Gasteiger partial charge in [-0.1, -0.05) is 0 Å². The molecule has 0 radical (unpaired) electrons. The fourth-order valence-corrected chi connectivity index (χ4v) is 2.83. The molecule has 1 aliphatic heterocycles. The summed E-state index contributed by atoms with van der Waals surface area (Å²) in [6.45, 7) is 4.66. The lowest BCUT2D eigenvalue weighted by Gasteiger charge is -2.27. The molecule has 1 aromatic heterocycles. The number of piperidine rings is 1. The van der Waals surface area contributed by atoms with Gasteiger partial charge in [-0.25, -0.2) is 0 Å². The third-order valence-electron chi connectivity index (χ3n) is 2.94. The first-order chi connectivity index (χ1) is 7.34. The number of thiazole rings is 1. The number of rotatable bonds is 4. The van der Waals surface area contributed by atoms with E-state index in [1.165, 1.54) is 37.4 Å². The number of aromatic nitrogens is 1. The van der Waals surface area contributed by atoms with E-state index in [0.717, 1.165) is 12.5 Å². The normalized spacial score (nSPS) is 18.5. The van der Waals surface area contributed by atoms with Crippen LogP contribution < -0.4 is 5.32 Å². The molecule has 1 fully saturated rings. The van der Waals surface area contributed by atoms with E-state index in [1.54, 1.807) is 11.3 Å². The van der Waals surface area contributed by atoms with Crippen LogP contribution in [-0.4, -0.2) is 36.6 Å². The highest BCUT2D eigenvalue weighted by Crippen LogP contribution is 2.15. The Hall–Kier alpha value is -0.450. The maximum atomic E-state index is 4.10. The predicted molar refractivity (Wildman–Crippen MR) is 64.0 cm³/mol. The maximum Gasteiger partial charge on any atom is 0.0794 e. The smallest absolute Gasteiger partial charge is 0.0794 e. The van der Waals surface area contributed by atoms with Crippen LogP contribution in [0.15, 0.2) is 11.7 Å². The Labute approximate surface area is 95.5 Å². The van der Waals surface area contributed by atoms with Gasteiger partial charge in [0.05, 0.1) is 5.51 Å². The minimum Gasteiger partial charge on any atom is -0.317 e. The van der Waals surface area contributed by atoms with Crippen molar-refractivity contribution in [2.45, 2.75) is 19.4 Å². The van der Waals surface area contributed by atoms with Gasteiger partial charge in [-0.05, 0) is 38.9 Å². The van der Waals surface area contributed by atoms with E-state index in [-0.39, 0.29) is 0 Å². The summed E-state index contributed by atoms with van der Waals surface area (Å²) in [6, 6.07) is 0. The Morgan fingerprint density at radius 1 is 1.53 bits per heavy atom. The molecule has 1 aromatic rings. The van der Waals surface area contributed by atoms with Crippen molar-refractivity contribution in [2.75, 3.05) is 26.7 Å². The van der Waals surface area contributed by atoms with E-state index >= 15 is 0 Å². The topological polar surface area (TPSA) is 28.2 Å². The molecule has 15 heavy (non-hydrogen) atoms. The standard InChI is InChI=1S/C11H19N3S/c1-14(8-11-6-13-9-15-11)7-10-2-4-12-5-3-10/h6,9-10,12H,2-5,7-8H2,1H3. The van der Waals surface area contributed by atoms with E-state index < -0.39 is 0 Å². The van der Waals surface area contributed by atoms with Crippen molar-refractivity contribution in [1.29, 1.82) is 0 Å². The maximum absolute atomic E-state index is 4.10. The third kappa shape index (κ3) is 3.55. The second-order valence-electron chi connectivity index (χ2n) is 4.36. The molecule has 1 saturated heterocycles. The molecule has 3 nitrogen and oxygen atoms in total. The van der Waals surface area contributed by atoms with Crippen LogP contribution in [0.2, 0.25) is 0 Å². The average molecular weight is 225 g/mol. The zero-order chi connectivity index (χ0) is 10.5. The SMILES string of the molecule is CN(Cc1cncs1)CC1CCNCC1. The van der Waals surface area contributed by atoms with Gasteiger partial charge in [0.1, 0.15) is 0 Å². The molecule has 2 heterocycles. The van der Waals surface area contributed by atoms with Crippen molar-refractivity contribution in [3.63, 3.8) is 0 Å². The molecule has 0 amide bonds. The summed E-state index contributed by atoms with van der Waals surface area (Å²) in [4.78, 5) is 7.89. The van der Waals surface area contributed by atoms with Crippen LogP contribution in [0.4, 0.5) is 0 Å². The Bertz CT molecular complexity index is 267. The van der Waals surface area contributed by atoms with E-state index in [0.29, 0.717) is 0 Å². The van der Waals surface area contributed by atoms with Gasteiger partial charge in [0.15, 0.2) is 0 Å². The van der Waals surface area contributed by atoms with Gasteiger partial charge in [-0.3, -0.25) is 4.98 Å². The van der Waals surface area contributed by atoms with Crippen LogP contribution in [0, 0.1) is 5.92 Å². The Morgan fingerprint density at radius 2 is 2.33 bits per heavy atom. The molecule has 0 saturated carbocycles. The van der Waals surface area contributed by atoms with Crippen LogP contribution in [0.3, 0.4) is 0 Å². The van der Waals surface area contributed by atoms with Crippen molar-refractivity contribution < 1.29 is 0 Å². The van der Waals surface area contributed by atoms with Crippen molar-refractivity contribution >= 4 is 11.3 Å². The second-order valence-corrected chi connectivity index (χ2v) is 5.33. The molecular formula is C11H19N3S. The van der Waals surface area contributed by atoms with Gasteiger partial charge in [-0.15, -0.1) is 11.3 Å². The molecule has 1 N–H and O–H groups in total. The van der Waals surface area contributed by atoms with E-state index in [9.17, 15) is 0 Å². The fourth-order valence-electron chi connectivity index (χ4n) is 2.16. The predicted octanol–water partition coefficient (Wildman–Crippen LogP) is 1.57. The molecule has 0 unspecified atom stereocenters. The van der Waals surface area contributed by atoms with E-state index in [2.05, 4.69) is 22.2 Å². The first-order valence-corrected chi connectivity index (χ1v) is 6.49. The van der Waals surface area contributed by atoms with Crippen molar-refractivity contribution in [3.8, 4) is 0 Å². The Kier molecular flexibility index (Phi) is 4.11. The van der Waals surface area contributed by atoms with Crippen molar-refractivity contribution in [1.82, 2.24) is 15.2 Å². The zero-order valence-corrected chi connectivity index (χ0v) is 10.1. The summed E-state index contributed by atoms with van der Waals surface area (Å²) < 4.78 is 0. The van der Waals surface area contributed by atoms with Gasteiger partial charge in [0.25, 0.3) is 0 Å². The molecular weight excluding hydrogens is 206 g/mol. The second kappa shape index (κ2) is 5.58. The minimum absolute atomic E-state index is 0.879. The number of nitrogens with one attached hydrogen (secondary N) is 1. The molecule has 84 valence electrons. The highest BCUT2D eigenvalue weighted by molar-refractivity contribution is 7.09. The summed E-state index contributed by atoms with van der Waals surface area (Å²) in [5.74, 6) is 0.879. The molecule has 4 heteroatoms. The van der Waals surface area contributed by atoms with Gasteiger partial charge in [-0.2, -0.15) is 0 Å². The van der Waals surface area contributed by atoms with Gasteiger partial charge >= 0.3 is 0 Å². The van der Waals surface area contributed by atoms with Crippen molar-refractivity contribution in [3.05, 3.63) is 16.6 Å². The zero-order valence-electron chi connectivity index (χ0n) is 9.28. The lowest BCUT2D eigenvalue weighted by molar-refractivity contribution is 0.236. The first-order valence-electron chi connectivity index (χ1n) is 5.61. The summed E-state index contributed by atoms with van der Waals surface area (Å²) in [5, 5.41) is 3.41. The van der Waals surface area contributed by atoms with E-state index in [4.69, 9.17) is 0 Å². The number of hydrogen-bond donors (Lipinski definition) is 1. The summed E-state index contributed by atoms with van der Waals surface area (Å²) in [6.07, 6.45) is 4.63. The molecule has 0 aromatic carbocycles. The largest absolute Gasteiger partial charge is 0.317 e. The van der Waals surface area contributed by atoms with Crippen molar-refractivity contribution in [2.24, 2.45) is 5.92 Å². The van der Waals surface area contributed by atoms with Crippen LogP contribution in [-0.2, 0) is 6.54 Å². The van der Waals surface area contributed by atoms with Gasteiger partial charge < -0.3 is 10.2 Å². The summed E-state index contributed by atoms with van der Waals surface area (Å²) >= 11 is 1.75. The monoisotopic (exact) mass is 225 g/mol. The highest BCUT2D eigenvalue weighted by atomic mass is 32.1. The summed E-state index contributed by atoms with van der Waals surface area (Å²) in [5.41, 5.74) is 1.91. The first kappa shape index (κ1) is 11.0. The average Bonchev–Trinajstić information content (AvgIpc) is 2.71. The lowest BCUT2D eigenvalue weighted by Crippen LogP contribution is -2.34. The van der Waals surface area contributed by atoms with Crippen LogP contribution >= 0.6 is 11.3 Å². The highest BCUT2D eigenvalue weighted by Gasteiger charge is 2.15. The number of hydrogen-bond acceptors (Lipinski definition) is 4. The number of nitrogens with zero attached hydrogens (tertiary/aromatic N) is 2. The Morgan fingerprint density at radius 3 is 3.00 bits per heavy atom. The molecule has 1 aliphatic rings. The van der Waals surface area contributed by atoms with E-state index in [1.807, 2.05) is 11.7 Å². The molecule has 0 bridgehead atoms. The fraction of sp³-hybridized carbons (Fsp3) is 0.727. The molecule has 0 aliphatic carbocycles. The quantitative estimate of drug-likeness (QED) is 0.843. The summed E-state index contributed by atoms with van der Waals surface area (Å²) in [7, 11) is 2.21. The van der Waals surface area contributed by atoms with Gasteiger partial charge in [0.2, 0.25) is 0 Å². The van der Waals surface area contributed by atoms with Gasteiger partial charge in [0, 0.05) is 24.2 Å². The molecule has 2 rings (SSSR count). The molecule has 0 spiro atoms. The molecule has 0 atom stereocenters. The third-order valence-corrected chi connectivity index (χ3v) is 3.70. The Balaban J connectivity index is 1.74. The van der Waals surface area contributed by atoms with Crippen LogP contribution in [0.5, 0.6) is 0 Å².